The first-order valence-corrected chi connectivity index (χ1v) is 8.03. The lowest BCUT2D eigenvalue weighted by Crippen LogP contribution is -2.23. The number of hydrogen-bond acceptors (Lipinski definition) is 4. The molecule has 0 bridgehead atoms. The third-order valence-corrected chi connectivity index (χ3v) is 4.63. The summed E-state index contributed by atoms with van der Waals surface area (Å²) in [6, 6.07) is 4.24. The third kappa shape index (κ3) is 5.64. The lowest BCUT2D eigenvalue weighted by atomic mass is 10.2. The van der Waals surface area contributed by atoms with Gasteiger partial charge >= 0.3 is 6.18 Å². The van der Waals surface area contributed by atoms with Gasteiger partial charge in [0.05, 0.1) is 22.8 Å². The highest BCUT2D eigenvalue weighted by atomic mass is 32.2. The quantitative estimate of drug-likeness (QED) is 0.744. The van der Waals surface area contributed by atoms with Crippen molar-refractivity contribution in [2.75, 3.05) is 32.6 Å². The second-order valence-electron chi connectivity index (χ2n) is 4.41. The Morgan fingerprint density at radius 3 is 2.48 bits per heavy atom. The first kappa shape index (κ1) is 17.9. The van der Waals surface area contributed by atoms with Crippen LogP contribution in [-0.2, 0) is 20.8 Å². The summed E-state index contributed by atoms with van der Waals surface area (Å²) in [5, 5.41) is 2.94. The fraction of sp³-hybridized carbons (Fsp3) is 0.538. The molecule has 120 valence electrons. The summed E-state index contributed by atoms with van der Waals surface area (Å²) in [5.41, 5.74) is -1.11. The molecule has 0 aliphatic rings. The molecule has 0 spiro atoms. The highest BCUT2D eigenvalue weighted by Crippen LogP contribution is 2.34. The molecule has 1 aromatic carbocycles. The first-order chi connectivity index (χ1) is 9.79. The van der Waals surface area contributed by atoms with Crippen LogP contribution in [0.2, 0.25) is 0 Å². The van der Waals surface area contributed by atoms with E-state index in [4.69, 9.17) is 4.74 Å². The monoisotopic (exact) mass is 325 g/mol. The smallest absolute Gasteiger partial charge is 0.383 e. The molecule has 1 aromatic rings. The normalized spacial score (nSPS) is 12.6. The lowest BCUT2D eigenvalue weighted by molar-refractivity contribution is -0.139. The highest BCUT2D eigenvalue weighted by Gasteiger charge is 2.36. The van der Waals surface area contributed by atoms with Gasteiger partial charge in [0.25, 0.3) is 0 Å². The number of sulfone groups is 1. The van der Waals surface area contributed by atoms with Gasteiger partial charge in [-0.2, -0.15) is 13.2 Å². The predicted octanol–water partition coefficient (Wildman–Crippen LogP) is 2.11. The van der Waals surface area contributed by atoms with Crippen molar-refractivity contribution < 1.29 is 26.3 Å². The Morgan fingerprint density at radius 2 is 1.86 bits per heavy atom. The third-order valence-electron chi connectivity index (χ3n) is 2.78. The Balaban J connectivity index is 2.71. The number of benzene rings is 1. The minimum atomic E-state index is -4.68. The zero-order chi connectivity index (χ0) is 15.9. The summed E-state index contributed by atoms with van der Waals surface area (Å²) in [4.78, 5) is -0.658. The molecule has 0 aliphatic carbocycles. The zero-order valence-electron chi connectivity index (χ0n) is 11.6. The van der Waals surface area contributed by atoms with E-state index in [9.17, 15) is 21.6 Å². The molecule has 1 N–H and O–H groups in total. The molecule has 0 heterocycles. The Kier molecular flexibility index (Phi) is 6.63. The molecule has 0 aliphatic heterocycles. The van der Waals surface area contributed by atoms with Crippen LogP contribution in [-0.4, -0.2) is 41.0 Å². The van der Waals surface area contributed by atoms with Gasteiger partial charge in [0, 0.05) is 13.7 Å². The average Bonchev–Trinajstić information content (AvgIpc) is 2.42. The molecular weight excluding hydrogens is 307 g/mol. The number of alkyl halides is 3. The van der Waals surface area contributed by atoms with E-state index in [1.165, 1.54) is 12.1 Å². The molecule has 4 nitrogen and oxygen atoms in total. The van der Waals surface area contributed by atoms with Gasteiger partial charge in [-0.3, -0.25) is 0 Å². The van der Waals surface area contributed by atoms with Crippen LogP contribution in [0.25, 0.3) is 0 Å². The fourth-order valence-electron chi connectivity index (χ4n) is 1.77. The van der Waals surface area contributed by atoms with Crippen molar-refractivity contribution in [1.82, 2.24) is 5.32 Å². The van der Waals surface area contributed by atoms with Crippen LogP contribution < -0.4 is 5.32 Å². The molecule has 0 aromatic heterocycles. The summed E-state index contributed by atoms with van der Waals surface area (Å²) in [6.45, 7) is 1.45. The van der Waals surface area contributed by atoms with Crippen molar-refractivity contribution in [3.8, 4) is 0 Å². The predicted molar refractivity (Wildman–Crippen MR) is 72.9 cm³/mol. The fourth-order valence-corrected chi connectivity index (χ4v) is 3.32. The maximum absolute atomic E-state index is 12.8. The van der Waals surface area contributed by atoms with Gasteiger partial charge in [-0.1, -0.05) is 12.1 Å². The standard InChI is InChI=1S/C13H18F3NO3S/c1-20-9-8-17-7-4-10-21(18,19)12-6-3-2-5-11(12)13(14,15)16/h2-3,5-6,17H,4,7-10H2,1H3. The Hall–Kier alpha value is -1.12. The van der Waals surface area contributed by atoms with Gasteiger partial charge < -0.3 is 10.1 Å². The maximum atomic E-state index is 12.8. The van der Waals surface area contributed by atoms with Gasteiger partial charge in [-0.15, -0.1) is 0 Å². The number of methoxy groups -OCH3 is 1. The van der Waals surface area contributed by atoms with Crippen LogP contribution in [0, 0.1) is 0 Å². The largest absolute Gasteiger partial charge is 0.417 e. The molecule has 0 fully saturated rings. The van der Waals surface area contributed by atoms with Crippen molar-refractivity contribution in [3.63, 3.8) is 0 Å². The number of ether oxygens (including phenoxy) is 1. The SMILES string of the molecule is COCCNCCCS(=O)(=O)c1ccccc1C(F)(F)F. The number of nitrogens with one attached hydrogen (secondary N) is 1. The van der Waals surface area contributed by atoms with E-state index in [1.54, 1.807) is 7.11 Å². The minimum Gasteiger partial charge on any atom is -0.383 e. The van der Waals surface area contributed by atoms with Gasteiger partial charge in [0.2, 0.25) is 0 Å². The average molecular weight is 325 g/mol. The Bertz CT molecular complexity index is 544. The van der Waals surface area contributed by atoms with Crippen LogP contribution in [0.15, 0.2) is 29.2 Å². The van der Waals surface area contributed by atoms with Gasteiger partial charge in [-0.05, 0) is 25.1 Å². The molecule has 0 unspecified atom stereocenters. The number of rotatable bonds is 8. The molecule has 0 atom stereocenters. The lowest BCUT2D eigenvalue weighted by Gasteiger charge is -2.13. The summed E-state index contributed by atoms with van der Waals surface area (Å²) < 4.78 is 67.3. The van der Waals surface area contributed by atoms with Crippen LogP contribution >= 0.6 is 0 Å². The van der Waals surface area contributed by atoms with Crippen LogP contribution in [0.4, 0.5) is 13.2 Å². The summed E-state index contributed by atoms with van der Waals surface area (Å²) in [6.07, 6.45) is -4.45. The molecule has 0 amide bonds. The zero-order valence-corrected chi connectivity index (χ0v) is 12.4. The molecular formula is C13H18F3NO3S. The second-order valence-corrected chi connectivity index (χ2v) is 6.49. The minimum absolute atomic E-state index is 0.234. The van der Waals surface area contributed by atoms with Gasteiger partial charge in [-0.25, -0.2) is 8.42 Å². The van der Waals surface area contributed by atoms with Gasteiger partial charge in [0.15, 0.2) is 9.84 Å². The van der Waals surface area contributed by atoms with E-state index in [-0.39, 0.29) is 12.2 Å². The van der Waals surface area contributed by atoms with E-state index in [0.29, 0.717) is 19.7 Å². The summed E-state index contributed by atoms with van der Waals surface area (Å²) in [5.74, 6) is -0.333. The molecule has 8 heteroatoms. The van der Waals surface area contributed by atoms with Crippen molar-refractivity contribution >= 4 is 9.84 Å². The van der Waals surface area contributed by atoms with E-state index in [1.807, 2.05) is 0 Å². The second kappa shape index (κ2) is 7.77. The Morgan fingerprint density at radius 1 is 1.19 bits per heavy atom. The van der Waals surface area contributed by atoms with Crippen molar-refractivity contribution in [1.29, 1.82) is 0 Å². The van der Waals surface area contributed by atoms with Crippen molar-refractivity contribution in [3.05, 3.63) is 29.8 Å². The Labute approximate surface area is 122 Å². The first-order valence-electron chi connectivity index (χ1n) is 6.37. The molecule has 1 rings (SSSR count). The molecule has 0 saturated heterocycles. The number of hydrogen-bond donors (Lipinski definition) is 1. The van der Waals surface area contributed by atoms with Crippen molar-refractivity contribution in [2.24, 2.45) is 0 Å². The highest BCUT2D eigenvalue weighted by molar-refractivity contribution is 7.91. The van der Waals surface area contributed by atoms with E-state index in [0.717, 1.165) is 12.1 Å². The summed E-state index contributed by atoms with van der Waals surface area (Å²) >= 11 is 0. The van der Waals surface area contributed by atoms with E-state index in [2.05, 4.69) is 5.32 Å². The number of halogens is 3. The molecule has 0 radical (unpaired) electrons. The van der Waals surface area contributed by atoms with E-state index >= 15 is 0 Å². The topological polar surface area (TPSA) is 55.4 Å². The van der Waals surface area contributed by atoms with Crippen LogP contribution in [0.1, 0.15) is 12.0 Å². The van der Waals surface area contributed by atoms with Crippen molar-refractivity contribution in [2.45, 2.75) is 17.5 Å². The van der Waals surface area contributed by atoms with E-state index < -0.39 is 26.5 Å². The summed E-state index contributed by atoms with van der Waals surface area (Å²) in [7, 11) is -2.42. The van der Waals surface area contributed by atoms with Gasteiger partial charge in [0.1, 0.15) is 0 Å². The molecule has 21 heavy (non-hydrogen) atoms. The maximum Gasteiger partial charge on any atom is 0.417 e. The van der Waals surface area contributed by atoms with Crippen LogP contribution in [0.5, 0.6) is 0 Å². The molecule has 0 saturated carbocycles. The van der Waals surface area contributed by atoms with Crippen LogP contribution in [0.3, 0.4) is 0 Å².